The van der Waals surface area contributed by atoms with E-state index in [0.717, 1.165) is 16.7 Å². The standard InChI is InChI=1S/C27H27N5O2/c1-19(20-9-3-2-4-10-20)28-25-21-11-5-7-13-23(21)29-27(30-25)32-17-15-31(16-18-32)26(34)22-12-6-8-14-24(22)33/h2-14,19,33H,15-18H2,1H3,(H,28,29,30)/t19-/m1/s1. The highest BCUT2D eigenvalue weighted by Gasteiger charge is 2.25. The zero-order chi connectivity index (χ0) is 23.5. The molecular formula is C27H27N5O2. The predicted octanol–water partition coefficient (Wildman–Crippen LogP) is 4.47. The van der Waals surface area contributed by atoms with E-state index in [9.17, 15) is 9.90 Å². The number of hydrogen-bond acceptors (Lipinski definition) is 6. The molecule has 0 spiro atoms. The first kappa shape index (κ1) is 21.7. The molecule has 1 aliphatic heterocycles. The Morgan fingerprint density at radius 2 is 1.56 bits per heavy atom. The maximum Gasteiger partial charge on any atom is 0.257 e. The number of amides is 1. The fraction of sp³-hybridized carbons (Fsp3) is 0.222. The highest BCUT2D eigenvalue weighted by molar-refractivity contribution is 5.97. The molecule has 34 heavy (non-hydrogen) atoms. The predicted molar refractivity (Wildman–Crippen MR) is 134 cm³/mol. The van der Waals surface area contributed by atoms with Gasteiger partial charge in [0, 0.05) is 37.6 Å². The number of benzene rings is 3. The van der Waals surface area contributed by atoms with Gasteiger partial charge in [-0.1, -0.05) is 54.6 Å². The first-order chi connectivity index (χ1) is 16.6. The van der Waals surface area contributed by atoms with E-state index in [2.05, 4.69) is 29.3 Å². The van der Waals surface area contributed by atoms with Crippen molar-refractivity contribution in [2.75, 3.05) is 36.4 Å². The Hall–Kier alpha value is -4.13. The lowest BCUT2D eigenvalue weighted by Crippen LogP contribution is -2.49. The molecule has 1 aliphatic rings. The number of piperazine rings is 1. The van der Waals surface area contributed by atoms with Crippen molar-refractivity contribution in [2.24, 2.45) is 0 Å². The van der Waals surface area contributed by atoms with Gasteiger partial charge in [0.05, 0.1) is 11.1 Å². The van der Waals surface area contributed by atoms with Crippen molar-refractivity contribution < 1.29 is 9.90 Å². The van der Waals surface area contributed by atoms with Gasteiger partial charge < -0.3 is 20.2 Å². The summed E-state index contributed by atoms with van der Waals surface area (Å²) < 4.78 is 0. The Bertz CT molecular complexity index is 1300. The van der Waals surface area contributed by atoms with E-state index in [-0.39, 0.29) is 17.7 Å². The zero-order valence-corrected chi connectivity index (χ0v) is 19.1. The van der Waals surface area contributed by atoms with Crippen LogP contribution in [0.3, 0.4) is 0 Å². The van der Waals surface area contributed by atoms with Crippen molar-refractivity contribution in [3.63, 3.8) is 0 Å². The average molecular weight is 454 g/mol. The van der Waals surface area contributed by atoms with Gasteiger partial charge in [-0.05, 0) is 36.8 Å². The molecule has 5 rings (SSSR count). The highest BCUT2D eigenvalue weighted by atomic mass is 16.3. The molecule has 0 aliphatic carbocycles. The molecule has 0 saturated carbocycles. The van der Waals surface area contributed by atoms with E-state index in [0.29, 0.717) is 37.7 Å². The summed E-state index contributed by atoms with van der Waals surface area (Å²) >= 11 is 0. The molecule has 0 radical (unpaired) electrons. The van der Waals surface area contributed by atoms with Crippen molar-refractivity contribution >= 4 is 28.6 Å². The van der Waals surface area contributed by atoms with Gasteiger partial charge >= 0.3 is 0 Å². The number of aromatic hydroxyl groups is 1. The third kappa shape index (κ3) is 4.37. The van der Waals surface area contributed by atoms with Gasteiger partial charge in [0.15, 0.2) is 0 Å². The molecule has 2 N–H and O–H groups in total. The summed E-state index contributed by atoms with van der Waals surface area (Å²) in [7, 11) is 0. The van der Waals surface area contributed by atoms with Crippen LogP contribution < -0.4 is 10.2 Å². The Balaban J connectivity index is 1.36. The Morgan fingerprint density at radius 1 is 0.882 bits per heavy atom. The molecular weight excluding hydrogens is 426 g/mol. The van der Waals surface area contributed by atoms with Gasteiger partial charge in [0.2, 0.25) is 5.95 Å². The highest BCUT2D eigenvalue weighted by Crippen LogP contribution is 2.28. The number of rotatable bonds is 5. The molecule has 0 bridgehead atoms. The molecule has 1 fully saturated rings. The van der Waals surface area contributed by atoms with Gasteiger partial charge in [0.25, 0.3) is 5.91 Å². The van der Waals surface area contributed by atoms with Crippen LogP contribution in [0.5, 0.6) is 5.75 Å². The minimum absolute atomic E-state index is 0.0102. The summed E-state index contributed by atoms with van der Waals surface area (Å²) in [5.74, 6) is 1.30. The summed E-state index contributed by atoms with van der Waals surface area (Å²) in [5.41, 5.74) is 2.39. The Kier molecular flexibility index (Phi) is 5.99. The normalized spacial score (nSPS) is 14.7. The van der Waals surface area contributed by atoms with Crippen molar-refractivity contribution in [3.8, 4) is 5.75 Å². The number of aromatic nitrogens is 2. The minimum atomic E-state index is -0.156. The molecule has 1 saturated heterocycles. The summed E-state index contributed by atoms with van der Waals surface area (Å²) in [6, 6.07) is 25.0. The fourth-order valence-corrected chi connectivity index (χ4v) is 4.28. The van der Waals surface area contributed by atoms with Crippen LogP contribution in [0.4, 0.5) is 11.8 Å². The van der Waals surface area contributed by atoms with E-state index in [1.807, 2.05) is 42.5 Å². The zero-order valence-electron chi connectivity index (χ0n) is 19.1. The minimum Gasteiger partial charge on any atom is -0.507 e. The molecule has 1 aromatic heterocycles. The van der Waals surface area contributed by atoms with Crippen LogP contribution in [0.15, 0.2) is 78.9 Å². The second-order valence-electron chi connectivity index (χ2n) is 8.46. The smallest absolute Gasteiger partial charge is 0.257 e. The first-order valence-electron chi connectivity index (χ1n) is 11.5. The van der Waals surface area contributed by atoms with Crippen LogP contribution in [0.1, 0.15) is 28.9 Å². The molecule has 0 unspecified atom stereocenters. The third-order valence-corrected chi connectivity index (χ3v) is 6.23. The topological polar surface area (TPSA) is 81.6 Å². The summed E-state index contributed by atoms with van der Waals surface area (Å²) in [4.78, 5) is 26.4. The van der Waals surface area contributed by atoms with Crippen molar-refractivity contribution in [3.05, 3.63) is 90.0 Å². The van der Waals surface area contributed by atoms with E-state index in [1.54, 1.807) is 23.1 Å². The van der Waals surface area contributed by atoms with Gasteiger partial charge in [-0.3, -0.25) is 4.79 Å². The lowest BCUT2D eigenvalue weighted by atomic mass is 10.1. The number of fused-ring (bicyclic) bond motifs is 1. The van der Waals surface area contributed by atoms with Gasteiger partial charge in [-0.25, -0.2) is 4.98 Å². The number of phenolic OH excluding ortho intramolecular Hbond substituents is 1. The van der Waals surface area contributed by atoms with Crippen LogP contribution in [0, 0.1) is 0 Å². The van der Waals surface area contributed by atoms with Gasteiger partial charge in [0.1, 0.15) is 11.6 Å². The van der Waals surface area contributed by atoms with E-state index in [1.165, 1.54) is 11.6 Å². The fourth-order valence-electron chi connectivity index (χ4n) is 4.28. The molecule has 7 heteroatoms. The Morgan fingerprint density at radius 3 is 2.32 bits per heavy atom. The van der Waals surface area contributed by atoms with Crippen LogP contribution in [0.2, 0.25) is 0 Å². The van der Waals surface area contributed by atoms with E-state index in [4.69, 9.17) is 9.97 Å². The second-order valence-corrected chi connectivity index (χ2v) is 8.46. The molecule has 4 aromatic rings. The van der Waals surface area contributed by atoms with E-state index >= 15 is 0 Å². The van der Waals surface area contributed by atoms with Crippen LogP contribution in [-0.4, -0.2) is 52.1 Å². The summed E-state index contributed by atoms with van der Waals surface area (Å²) in [6.07, 6.45) is 0. The van der Waals surface area contributed by atoms with Gasteiger partial charge in [-0.15, -0.1) is 0 Å². The lowest BCUT2D eigenvalue weighted by Gasteiger charge is -2.35. The summed E-state index contributed by atoms with van der Waals surface area (Å²) in [5, 5.41) is 14.6. The maximum absolute atomic E-state index is 12.9. The molecule has 2 heterocycles. The quantitative estimate of drug-likeness (QED) is 0.464. The maximum atomic E-state index is 12.9. The number of carbonyl (C=O) groups is 1. The van der Waals surface area contributed by atoms with E-state index < -0.39 is 0 Å². The molecule has 7 nitrogen and oxygen atoms in total. The van der Waals surface area contributed by atoms with Crippen molar-refractivity contribution in [1.29, 1.82) is 0 Å². The number of nitrogens with zero attached hydrogens (tertiary/aromatic N) is 4. The average Bonchev–Trinajstić information content (AvgIpc) is 2.89. The number of nitrogens with one attached hydrogen (secondary N) is 1. The first-order valence-corrected chi connectivity index (χ1v) is 11.5. The number of hydrogen-bond donors (Lipinski definition) is 2. The Labute approximate surface area is 198 Å². The van der Waals surface area contributed by atoms with Crippen LogP contribution in [0.25, 0.3) is 10.9 Å². The number of anilines is 2. The van der Waals surface area contributed by atoms with Gasteiger partial charge in [-0.2, -0.15) is 4.98 Å². The summed E-state index contributed by atoms with van der Waals surface area (Å²) in [6.45, 7) is 4.42. The van der Waals surface area contributed by atoms with Crippen LogP contribution >= 0.6 is 0 Å². The molecule has 1 amide bonds. The molecule has 172 valence electrons. The largest absolute Gasteiger partial charge is 0.507 e. The monoisotopic (exact) mass is 453 g/mol. The SMILES string of the molecule is C[C@@H](Nc1nc(N2CCN(C(=O)c3ccccc3O)CC2)nc2ccccc12)c1ccccc1. The van der Waals surface area contributed by atoms with Crippen LogP contribution in [-0.2, 0) is 0 Å². The molecule has 1 atom stereocenters. The number of phenols is 1. The second kappa shape index (κ2) is 9.39. The third-order valence-electron chi connectivity index (χ3n) is 6.23. The van der Waals surface area contributed by atoms with Crippen molar-refractivity contribution in [1.82, 2.24) is 14.9 Å². The lowest BCUT2D eigenvalue weighted by molar-refractivity contribution is 0.0743. The number of para-hydroxylation sites is 2. The number of carbonyl (C=O) groups excluding carboxylic acids is 1. The molecule has 3 aromatic carbocycles. The van der Waals surface area contributed by atoms with Crippen molar-refractivity contribution in [2.45, 2.75) is 13.0 Å².